The molecule has 8 nitrogen and oxygen atoms in total. The van der Waals surface area contributed by atoms with Crippen molar-refractivity contribution in [3.63, 3.8) is 0 Å². The summed E-state index contributed by atoms with van der Waals surface area (Å²) in [4.78, 5) is 38.4. The van der Waals surface area contributed by atoms with E-state index in [9.17, 15) is 19.6 Å². The predicted octanol–water partition coefficient (Wildman–Crippen LogP) is 4.77. The first kappa shape index (κ1) is 28.1. The molecule has 10 heteroatoms. The Morgan fingerprint density at radius 3 is 2.43 bits per heavy atom. The van der Waals surface area contributed by atoms with Crippen molar-refractivity contribution in [2.24, 2.45) is 5.92 Å². The predicted molar refractivity (Wildman–Crippen MR) is 143 cm³/mol. The number of aryl methyl sites for hydroxylation is 3. The second-order valence-corrected chi connectivity index (χ2v) is 9.95. The Balaban J connectivity index is 1.93. The number of nitrogens with one attached hydrogen (secondary N) is 2. The van der Waals surface area contributed by atoms with Gasteiger partial charge in [0.15, 0.2) is 0 Å². The van der Waals surface area contributed by atoms with Gasteiger partial charge in [0.25, 0.3) is 0 Å². The Morgan fingerprint density at radius 2 is 1.86 bits per heavy atom. The second kappa shape index (κ2) is 12.2. The summed E-state index contributed by atoms with van der Waals surface area (Å²) in [6.07, 6.45) is 0. The molecule has 0 saturated carbocycles. The molecule has 0 radical (unpaired) electrons. The summed E-state index contributed by atoms with van der Waals surface area (Å²) in [5.41, 5.74) is 4.31. The number of rotatable bonds is 8. The summed E-state index contributed by atoms with van der Waals surface area (Å²) in [5, 5.41) is 16.1. The van der Waals surface area contributed by atoms with Crippen LogP contribution in [0.2, 0.25) is 5.02 Å². The third-order valence-corrected chi connectivity index (χ3v) is 7.20. The van der Waals surface area contributed by atoms with Gasteiger partial charge in [0.1, 0.15) is 11.7 Å². The third-order valence-electron chi connectivity index (χ3n) is 5.89. The molecule has 2 aromatic rings. The van der Waals surface area contributed by atoms with Crippen LogP contribution >= 0.6 is 23.4 Å². The van der Waals surface area contributed by atoms with E-state index < -0.39 is 23.7 Å². The standard InChI is InChI=1S/C27H28ClN3O5S/c1-6-36-20-8-7-17(11-19(20)28)22-18(12-29)26(31-25(33)23(22)27(34)35-5)37-13-21(32)30-24-15(3)9-14(2)10-16(24)4/h7-11,22-23H,6,13H2,1-5H3,(H,30,32)(H,31,33)/t22-,23+/m0/s1. The van der Waals surface area contributed by atoms with Crippen molar-refractivity contribution in [2.75, 3.05) is 24.8 Å². The monoisotopic (exact) mass is 541 g/mol. The van der Waals surface area contributed by atoms with E-state index in [0.29, 0.717) is 17.9 Å². The summed E-state index contributed by atoms with van der Waals surface area (Å²) in [6.45, 7) is 8.04. The average molecular weight is 542 g/mol. The van der Waals surface area contributed by atoms with Crippen LogP contribution < -0.4 is 15.4 Å². The van der Waals surface area contributed by atoms with Crippen LogP contribution in [0.15, 0.2) is 40.9 Å². The van der Waals surface area contributed by atoms with Gasteiger partial charge in [-0.05, 0) is 56.5 Å². The molecular weight excluding hydrogens is 514 g/mol. The van der Waals surface area contributed by atoms with E-state index in [4.69, 9.17) is 21.1 Å². The van der Waals surface area contributed by atoms with Gasteiger partial charge < -0.3 is 20.1 Å². The van der Waals surface area contributed by atoms with Gasteiger partial charge in [0, 0.05) is 11.6 Å². The molecule has 2 aromatic carbocycles. The summed E-state index contributed by atoms with van der Waals surface area (Å²) < 4.78 is 10.3. The molecule has 0 aromatic heterocycles. The van der Waals surface area contributed by atoms with Gasteiger partial charge >= 0.3 is 5.97 Å². The van der Waals surface area contributed by atoms with Crippen LogP contribution in [0, 0.1) is 38.0 Å². The molecule has 1 heterocycles. The van der Waals surface area contributed by atoms with Gasteiger partial charge in [0.05, 0.1) is 41.2 Å². The number of carbonyl (C=O) groups is 3. The third kappa shape index (κ3) is 6.27. The minimum absolute atomic E-state index is 0.0623. The number of amides is 2. The molecule has 2 atom stereocenters. The van der Waals surface area contributed by atoms with E-state index in [1.807, 2.05) is 39.8 Å². The molecular formula is C27H28ClN3O5S. The molecule has 1 aliphatic rings. The number of nitrogens with zero attached hydrogens (tertiary/aromatic N) is 1. The molecule has 0 fully saturated rings. The van der Waals surface area contributed by atoms with Crippen LogP contribution in [0.4, 0.5) is 5.69 Å². The van der Waals surface area contributed by atoms with Crippen molar-refractivity contribution >= 4 is 46.8 Å². The number of benzene rings is 2. The van der Waals surface area contributed by atoms with Gasteiger partial charge in [-0.2, -0.15) is 5.26 Å². The quantitative estimate of drug-likeness (QED) is 0.365. The molecule has 1 aliphatic heterocycles. The van der Waals surface area contributed by atoms with Gasteiger partial charge in [-0.1, -0.05) is 47.1 Å². The van der Waals surface area contributed by atoms with Crippen LogP contribution in [0.3, 0.4) is 0 Å². The number of hydrogen-bond donors (Lipinski definition) is 2. The lowest BCUT2D eigenvalue weighted by atomic mass is 9.78. The Kier molecular flexibility index (Phi) is 9.24. The molecule has 0 aliphatic carbocycles. The van der Waals surface area contributed by atoms with Crippen LogP contribution in [0.1, 0.15) is 35.1 Å². The SMILES string of the molecule is CCOc1ccc([C@H]2C(C#N)=C(SCC(=O)Nc3c(C)cc(C)cc3C)NC(=O)[C@@H]2C(=O)OC)cc1Cl. The number of esters is 1. The summed E-state index contributed by atoms with van der Waals surface area (Å²) in [6, 6.07) is 10.9. The van der Waals surface area contributed by atoms with E-state index in [1.54, 1.807) is 18.2 Å². The Morgan fingerprint density at radius 1 is 1.19 bits per heavy atom. The van der Waals surface area contributed by atoms with Crippen molar-refractivity contribution in [3.8, 4) is 11.8 Å². The fourth-order valence-corrected chi connectivity index (χ4v) is 5.45. The second-order valence-electron chi connectivity index (χ2n) is 8.56. The minimum Gasteiger partial charge on any atom is -0.492 e. The van der Waals surface area contributed by atoms with E-state index in [-0.39, 0.29) is 27.3 Å². The van der Waals surface area contributed by atoms with Crippen LogP contribution in [-0.4, -0.2) is 37.3 Å². The lowest BCUT2D eigenvalue weighted by Crippen LogP contribution is -2.44. The topological polar surface area (TPSA) is 118 Å². The number of halogens is 1. The van der Waals surface area contributed by atoms with Crippen LogP contribution in [-0.2, 0) is 19.1 Å². The summed E-state index contributed by atoms with van der Waals surface area (Å²) >= 11 is 7.38. The van der Waals surface area contributed by atoms with Gasteiger partial charge in [0.2, 0.25) is 11.8 Å². The number of ether oxygens (including phenoxy) is 2. The van der Waals surface area contributed by atoms with E-state index >= 15 is 0 Å². The van der Waals surface area contributed by atoms with Crippen molar-refractivity contribution in [1.82, 2.24) is 5.32 Å². The minimum atomic E-state index is -1.30. The highest BCUT2D eigenvalue weighted by Crippen LogP contribution is 2.42. The number of methoxy groups -OCH3 is 1. The Bertz CT molecular complexity index is 1290. The fraction of sp³-hybridized carbons (Fsp3) is 0.333. The lowest BCUT2D eigenvalue weighted by Gasteiger charge is -2.31. The first-order valence-corrected chi connectivity index (χ1v) is 12.9. The zero-order chi connectivity index (χ0) is 27.3. The Labute approximate surface area is 225 Å². The number of hydrogen-bond acceptors (Lipinski definition) is 7. The molecule has 0 saturated heterocycles. The number of nitriles is 1. The highest BCUT2D eigenvalue weighted by atomic mass is 35.5. The van der Waals surface area contributed by atoms with Gasteiger partial charge in [-0.3, -0.25) is 14.4 Å². The van der Waals surface area contributed by atoms with Crippen LogP contribution in [0.25, 0.3) is 0 Å². The number of allylic oxidation sites excluding steroid dienone is 1. The zero-order valence-electron chi connectivity index (χ0n) is 21.2. The van der Waals surface area contributed by atoms with Crippen molar-refractivity contribution in [3.05, 3.63) is 68.2 Å². The van der Waals surface area contributed by atoms with Crippen molar-refractivity contribution in [2.45, 2.75) is 33.6 Å². The molecule has 0 bridgehead atoms. The van der Waals surface area contributed by atoms with Gasteiger partial charge in [-0.15, -0.1) is 0 Å². The number of thioether (sulfide) groups is 1. The highest BCUT2D eigenvalue weighted by molar-refractivity contribution is 8.03. The first-order valence-electron chi connectivity index (χ1n) is 11.6. The summed E-state index contributed by atoms with van der Waals surface area (Å²) in [5.74, 6) is -3.58. The molecule has 0 spiro atoms. The molecule has 3 rings (SSSR count). The molecule has 2 amide bonds. The Hall–Kier alpha value is -3.48. The van der Waals surface area contributed by atoms with Crippen LogP contribution in [0.5, 0.6) is 5.75 Å². The largest absolute Gasteiger partial charge is 0.492 e. The molecule has 194 valence electrons. The number of carbonyl (C=O) groups excluding carboxylic acids is 3. The van der Waals surface area contributed by atoms with E-state index in [1.165, 1.54) is 7.11 Å². The number of anilines is 1. The average Bonchev–Trinajstić information content (AvgIpc) is 2.85. The highest BCUT2D eigenvalue weighted by Gasteiger charge is 2.44. The van der Waals surface area contributed by atoms with E-state index in [0.717, 1.165) is 34.1 Å². The maximum absolute atomic E-state index is 13.0. The fourth-order valence-electron chi connectivity index (χ4n) is 4.35. The molecule has 37 heavy (non-hydrogen) atoms. The van der Waals surface area contributed by atoms with Crippen molar-refractivity contribution < 1.29 is 23.9 Å². The first-order chi connectivity index (χ1) is 17.6. The summed E-state index contributed by atoms with van der Waals surface area (Å²) in [7, 11) is 1.18. The smallest absolute Gasteiger partial charge is 0.319 e. The normalized spacial score (nSPS) is 17.1. The maximum atomic E-state index is 13.0. The van der Waals surface area contributed by atoms with Gasteiger partial charge in [-0.25, -0.2) is 0 Å². The zero-order valence-corrected chi connectivity index (χ0v) is 22.8. The van der Waals surface area contributed by atoms with Crippen molar-refractivity contribution in [1.29, 1.82) is 5.26 Å². The maximum Gasteiger partial charge on any atom is 0.319 e. The lowest BCUT2D eigenvalue weighted by molar-refractivity contribution is -0.150. The molecule has 2 N–H and O–H groups in total. The van der Waals surface area contributed by atoms with E-state index in [2.05, 4.69) is 16.7 Å². The molecule has 0 unspecified atom stereocenters.